The highest BCUT2D eigenvalue weighted by Crippen LogP contribution is 2.07. The Labute approximate surface area is 87.7 Å². The number of hydrogen-bond donors (Lipinski definition) is 1. The van der Waals surface area contributed by atoms with Crippen molar-refractivity contribution in [2.45, 2.75) is 6.42 Å². The van der Waals surface area contributed by atoms with Crippen LogP contribution in [0.4, 0.5) is 4.39 Å². The lowest BCUT2D eigenvalue weighted by molar-refractivity contribution is 0.112. The van der Waals surface area contributed by atoms with E-state index in [-0.39, 0.29) is 5.56 Å². The van der Waals surface area contributed by atoms with Gasteiger partial charge in [0.25, 0.3) is 0 Å². The molecule has 0 unspecified atom stereocenters. The minimum atomic E-state index is -0.530. The summed E-state index contributed by atoms with van der Waals surface area (Å²) in [6, 6.07) is 4.31. The van der Waals surface area contributed by atoms with Crippen LogP contribution in [0.1, 0.15) is 22.3 Å². The molecule has 1 aromatic rings. The second-order valence-electron chi connectivity index (χ2n) is 2.63. The SMILES string of the molecule is O=Cc1ccc(C#CCCS)cc1F. The molecule has 0 amide bonds. The normalized spacial score (nSPS) is 9.00. The third kappa shape index (κ3) is 2.90. The van der Waals surface area contributed by atoms with Crippen molar-refractivity contribution in [1.82, 2.24) is 0 Å². The Morgan fingerprint density at radius 1 is 1.50 bits per heavy atom. The zero-order valence-electron chi connectivity index (χ0n) is 7.46. The number of aldehydes is 1. The van der Waals surface area contributed by atoms with Crippen molar-refractivity contribution < 1.29 is 9.18 Å². The standard InChI is InChI=1S/C11H9FOS/c12-11-7-9(3-1-2-6-14)4-5-10(11)8-13/h4-5,7-8,14H,2,6H2. The van der Waals surface area contributed by atoms with Gasteiger partial charge >= 0.3 is 0 Å². The van der Waals surface area contributed by atoms with Crippen molar-refractivity contribution in [3.63, 3.8) is 0 Å². The number of benzene rings is 1. The summed E-state index contributed by atoms with van der Waals surface area (Å²) in [7, 11) is 0. The molecule has 0 saturated heterocycles. The van der Waals surface area contributed by atoms with E-state index in [0.717, 1.165) is 0 Å². The number of thiol groups is 1. The summed E-state index contributed by atoms with van der Waals surface area (Å²) in [5, 5.41) is 0. The summed E-state index contributed by atoms with van der Waals surface area (Å²) in [5.74, 6) is 5.77. The first-order valence-electron chi connectivity index (χ1n) is 4.12. The van der Waals surface area contributed by atoms with Gasteiger partial charge in [-0.2, -0.15) is 12.6 Å². The van der Waals surface area contributed by atoms with Gasteiger partial charge in [0.2, 0.25) is 0 Å². The van der Waals surface area contributed by atoms with Crippen molar-refractivity contribution in [3.8, 4) is 11.8 Å². The largest absolute Gasteiger partial charge is 0.298 e. The van der Waals surface area contributed by atoms with E-state index in [9.17, 15) is 9.18 Å². The molecule has 0 fully saturated rings. The zero-order chi connectivity index (χ0) is 10.4. The Hall–Kier alpha value is -1.27. The van der Waals surface area contributed by atoms with Crippen LogP contribution in [0.5, 0.6) is 0 Å². The van der Waals surface area contributed by atoms with Crippen LogP contribution >= 0.6 is 12.6 Å². The third-order valence-corrected chi connectivity index (χ3v) is 1.82. The molecule has 0 bridgehead atoms. The first-order chi connectivity index (χ1) is 6.77. The van der Waals surface area contributed by atoms with Crippen LogP contribution in [0.15, 0.2) is 18.2 Å². The highest BCUT2D eigenvalue weighted by Gasteiger charge is 1.99. The van der Waals surface area contributed by atoms with E-state index in [1.165, 1.54) is 12.1 Å². The molecule has 1 aromatic carbocycles. The van der Waals surface area contributed by atoms with Gasteiger partial charge in [0, 0.05) is 17.7 Å². The number of rotatable bonds is 2. The molecule has 0 aliphatic heterocycles. The summed E-state index contributed by atoms with van der Waals surface area (Å²) in [5.41, 5.74) is 0.639. The number of halogens is 1. The minimum absolute atomic E-state index is 0.0599. The van der Waals surface area contributed by atoms with Gasteiger partial charge in [-0.05, 0) is 18.2 Å². The minimum Gasteiger partial charge on any atom is -0.298 e. The van der Waals surface area contributed by atoms with Crippen LogP contribution in [0.25, 0.3) is 0 Å². The number of hydrogen-bond acceptors (Lipinski definition) is 2. The zero-order valence-corrected chi connectivity index (χ0v) is 8.35. The topological polar surface area (TPSA) is 17.1 Å². The van der Waals surface area contributed by atoms with Gasteiger partial charge in [-0.15, -0.1) is 0 Å². The van der Waals surface area contributed by atoms with Crippen molar-refractivity contribution >= 4 is 18.9 Å². The Balaban J connectivity index is 2.88. The maximum Gasteiger partial charge on any atom is 0.152 e. The monoisotopic (exact) mass is 208 g/mol. The lowest BCUT2D eigenvalue weighted by Gasteiger charge is -1.94. The van der Waals surface area contributed by atoms with Crippen LogP contribution < -0.4 is 0 Å². The Morgan fingerprint density at radius 2 is 2.29 bits per heavy atom. The molecule has 0 radical (unpaired) electrons. The fourth-order valence-corrected chi connectivity index (χ4v) is 1.03. The quantitative estimate of drug-likeness (QED) is 0.448. The van der Waals surface area contributed by atoms with Crippen molar-refractivity contribution in [2.75, 3.05) is 5.75 Å². The Morgan fingerprint density at radius 3 is 2.86 bits per heavy atom. The number of carbonyl (C=O) groups excluding carboxylic acids is 1. The van der Waals surface area contributed by atoms with Crippen LogP contribution in [-0.4, -0.2) is 12.0 Å². The predicted molar refractivity (Wildman–Crippen MR) is 57.1 cm³/mol. The van der Waals surface area contributed by atoms with E-state index >= 15 is 0 Å². The maximum absolute atomic E-state index is 13.0. The smallest absolute Gasteiger partial charge is 0.152 e. The van der Waals surface area contributed by atoms with Gasteiger partial charge in [0.1, 0.15) is 5.82 Å². The van der Waals surface area contributed by atoms with Gasteiger partial charge in [0.05, 0.1) is 5.56 Å². The molecule has 0 aromatic heterocycles. The molecule has 0 N–H and O–H groups in total. The third-order valence-electron chi connectivity index (χ3n) is 1.60. The molecule has 0 atom stereocenters. The van der Waals surface area contributed by atoms with Crippen molar-refractivity contribution in [1.29, 1.82) is 0 Å². The van der Waals surface area contributed by atoms with Gasteiger partial charge in [-0.1, -0.05) is 11.8 Å². The summed E-state index contributed by atoms with van der Waals surface area (Å²) in [4.78, 5) is 10.3. The van der Waals surface area contributed by atoms with Crippen LogP contribution in [-0.2, 0) is 0 Å². The summed E-state index contributed by atoms with van der Waals surface area (Å²) in [6.07, 6.45) is 1.15. The lowest BCUT2D eigenvalue weighted by Crippen LogP contribution is -1.88. The Bertz CT molecular complexity index is 390. The van der Waals surface area contributed by atoms with E-state index in [1.807, 2.05) is 0 Å². The molecular formula is C11H9FOS. The Kier molecular flexibility index (Phi) is 4.21. The first-order valence-corrected chi connectivity index (χ1v) is 4.75. The molecule has 0 spiro atoms. The average molecular weight is 208 g/mol. The van der Waals surface area contributed by atoms with Gasteiger partial charge in [-0.3, -0.25) is 4.79 Å². The van der Waals surface area contributed by atoms with Crippen LogP contribution in [0.3, 0.4) is 0 Å². The lowest BCUT2D eigenvalue weighted by atomic mass is 10.1. The molecule has 72 valence electrons. The predicted octanol–water partition coefficient (Wildman–Crippen LogP) is 2.31. The second-order valence-corrected chi connectivity index (χ2v) is 3.08. The molecule has 0 aliphatic carbocycles. The van der Waals surface area contributed by atoms with E-state index in [0.29, 0.717) is 24.0 Å². The van der Waals surface area contributed by atoms with E-state index < -0.39 is 5.82 Å². The van der Waals surface area contributed by atoms with Crippen molar-refractivity contribution in [3.05, 3.63) is 35.1 Å². The highest BCUT2D eigenvalue weighted by atomic mass is 32.1. The van der Waals surface area contributed by atoms with Gasteiger partial charge < -0.3 is 0 Å². The molecule has 3 heteroatoms. The summed E-state index contributed by atoms with van der Waals surface area (Å²) >= 11 is 4.00. The van der Waals surface area contributed by atoms with E-state index in [2.05, 4.69) is 24.5 Å². The fraction of sp³-hybridized carbons (Fsp3) is 0.182. The molecule has 1 rings (SSSR count). The highest BCUT2D eigenvalue weighted by molar-refractivity contribution is 7.80. The average Bonchev–Trinajstić information content (AvgIpc) is 2.18. The van der Waals surface area contributed by atoms with Crippen LogP contribution in [0, 0.1) is 17.7 Å². The van der Waals surface area contributed by atoms with Gasteiger partial charge in [-0.25, -0.2) is 4.39 Å². The molecular weight excluding hydrogens is 199 g/mol. The van der Waals surface area contributed by atoms with Crippen LogP contribution in [0.2, 0.25) is 0 Å². The number of carbonyl (C=O) groups is 1. The molecule has 0 saturated carbocycles. The summed E-state index contributed by atoms with van der Waals surface area (Å²) in [6.45, 7) is 0. The van der Waals surface area contributed by atoms with E-state index in [4.69, 9.17) is 0 Å². The van der Waals surface area contributed by atoms with Crippen molar-refractivity contribution in [2.24, 2.45) is 0 Å². The maximum atomic E-state index is 13.0. The first kappa shape index (κ1) is 10.8. The molecule has 0 heterocycles. The molecule has 0 aliphatic rings. The fourth-order valence-electron chi connectivity index (χ4n) is 0.921. The molecule has 1 nitrogen and oxygen atoms in total. The van der Waals surface area contributed by atoms with E-state index in [1.54, 1.807) is 6.07 Å². The second kappa shape index (κ2) is 5.46. The molecule has 14 heavy (non-hydrogen) atoms. The van der Waals surface area contributed by atoms with Gasteiger partial charge in [0.15, 0.2) is 6.29 Å². The summed E-state index contributed by atoms with van der Waals surface area (Å²) < 4.78 is 13.0.